The number of amidine groups is 1. The van der Waals surface area contributed by atoms with Crippen LogP contribution in [0.5, 0.6) is 0 Å². The summed E-state index contributed by atoms with van der Waals surface area (Å²) in [5.41, 5.74) is 11.6. The van der Waals surface area contributed by atoms with E-state index in [9.17, 15) is 0 Å². The SMILES string of the molecule is BC(B)(B)OC1CCC(C)(C2(c3cc(-c4cncc(C#CC)c4)ccc3C)N=C(C)C(N)=N2)CC1. The van der Waals surface area contributed by atoms with Gasteiger partial charge >= 0.3 is 0 Å². The Balaban J connectivity index is 1.78. The molecule has 2 aromatic rings. The molecule has 2 heterocycles. The second-order valence-corrected chi connectivity index (χ2v) is 11.2. The third-order valence-electron chi connectivity index (χ3n) is 7.33. The topological polar surface area (TPSA) is 72.9 Å². The highest BCUT2D eigenvalue weighted by atomic mass is 16.5. The van der Waals surface area contributed by atoms with Gasteiger partial charge in [-0.1, -0.05) is 25.0 Å². The monoisotopic (exact) mass is 464 g/mol. The fourth-order valence-corrected chi connectivity index (χ4v) is 5.48. The maximum absolute atomic E-state index is 6.39. The van der Waals surface area contributed by atoms with E-state index in [0.29, 0.717) is 5.84 Å². The van der Waals surface area contributed by atoms with Crippen molar-refractivity contribution in [2.24, 2.45) is 21.1 Å². The third kappa shape index (κ3) is 4.97. The van der Waals surface area contributed by atoms with Crippen molar-refractivity contribution in [2.75, 3.05) is 0 Å². The van der Waals surface area contributed by atoms with Gasteiger partial charge in [0.2, 0.25) is 0 Å². The zero-order valence-electron chi connectivity index (χ0n) is 22.2. The molecule has 1 aromatic heterocycles. The summed E-state index contributed by atoms with van der Waals surface area (Å²) in [5.74, 6) is 6.60. The van der Waals surface area contributed by atoms with Crippen LogP contribution in [0.2, 0.25) is 0 Å². The lowest BCUT2D eigenvalue weighted by Crippen LogP contribution is -2.46. The van der Waals surface area contributed by atoms with E-state index in [0.717, 1.165) is 59.2 Å². The van der Waals surface area contributed by atoms with Crippen LogP contribution in [0.25, 0.3) is 11.1 Å². The summed E-state index contributed by atoms with van der Waals surface area (Å²) < 4.78 is 6.33. The number of hydrogen-bond donors (Lipinski definition) is 1. The van der Waals surface area contributed by atoms with E-state index in [2.05, 4.69) is 78.5 Å². The van der Waals surface area contributed by atoms with Crippen molar-refractivity contribution < 1.29 is 4.74 Å². The molecule has 0 radical (unpaired) electrons. The zero-order chi connectivity index (χ0) is 25.4. The number of pyridine rings is 1. The average molecular weight is 464 g/mol. The van der Waals surface area contributed by atoms with Crippen molar-refractivity contribution in [3.8, 4) is 23.0 Å². The standard InChI is InChI=1S/C27H35B3N4O/c1-5-6-19-13-21(16-32-15-19)20-8-7-17(2)23(14-20)26(33-18(3)24(31)34-26)25(4)11-9-22(10-12-25)35-27(28,29)30/h7-8,13-16,22H,9-12,28-30H2,1-4H3,(H2,31,34). The van der Waals surface area contributed by atoms with E-state index < -0.39 is 5.66 Å². The molecule has 0 saturated heterocycles. The molecule has 1 aliphatic heterocycles. The highest BCUT2D eigenvalue weighted by Crippen LogP contribution is 2.55. The number of aryl methyl sites for hydroxylation is 1. The van der Waals surface area contributed by atoms with Crippen molar-refractivity contribution in [2.45, 2.75) is 70.4 Å². The van der Waals surface area contributed by atoms with Crippen LogP contribution in [0.4, 0.5) is 0 Å². The molecule has 1 unspecified atom stereocenters. The minimum absolute atomic E-state index is 0.142. The highest BCUT2D eigenvalue weighted by molar-refractivity contribution is 6.58. The Morgan fingerprint density at radius 2 is 1.77 bits per heavy atom. The molecular weight excluding hydrogens is 429 g/mol. The third-order valence-corrected chi connectivity index (χ3v) is 7.33. The molecule has 5 nitrogen and oxygen atoms in total. The maximum Gasteiger partial charge on any atom is 0.184 e. The van der Waals surface area contributed by atoms with Crippen molar-refractivity contribution in [3.63, 3.8) is 0 Å². The lowest BCUT2D eigenvalue weighted by atomic mass is 9.52. The molecular formula is C27H35B3N4O. The van der Waals surface area contributed by atoms with Crippen LogP contribution in [-0.4, -0.2) is 51.5 Å². The van der Waals surface area contributed by atoms with Gasteiger partial charge in [0.25, 0.3) is 0 Å². The van der Waals surface area contributed by atoms with Crippen molar-refractivity contribution in [1.29, 1.82) is 0 Å². The van der Waals surface area contributed by atoms with Gasteiger partial charge in [-0.3, -0.25) is 9.98 Å². The van der Waals surface area contributed by atoms with Crippen LogP contribution in [-0.2, 0) is 10.4 Å². The Kier molecular flexibility index (Phi) is 6.77. The van der Waals surface area contributed by atoms with Crippen molar-refractivity contribution >= 4 is 35.1 Å². The Labute approximate surface area is 212 Å². The summed E-state index contributed by atoms with van der Waals surface area (Å²) in [6, 6.07) is 8.62. The van der Waals surface area contributed by atoms with Crippen LogP contribution < -0.4 is 5.73 Å². The lowest BCUT2D eigenvalue weighted by Gasteiger charge is -2.48. The minimum Gasteiger partial charge on any atom is -0.398 e. The molecule has 0 bridgehead atoms. The van der Waals surface area contributed by atoms with Crippen LogP contribution >= 0.6 is 0 Å². The van der Waals surface area contributed by atoms with E-state index in [1.807, 2.05) is 20.0 Å². The summed E-state index contributed by atoms with van der Waals surface area (Å²) in [6.07, 6.45) is 7.85. The first-order chi connectivity index (χ1) is 16.5. The van der Waals surface area contributed by atoms with Crippen LogP contribution in [0.1, 0.15) is 63.1 Å². The fourth-order valence-electron chi connectivity index (χ4n) is 5.48. The quantitative estimate of drug-likeness (QED) is 0.543. The number of aliphatic imine (C=N–C) groups is 2. The van der Waals surface area contributed by atoms with Gasteiger partial charge in [0.15, 0.2) is 5.66 Å². The molecule has 1 fully saturated rings. The number of nitrogens with zero attached hydrogens (tertiary/aromatic N) is 3. The van der Waals surface area contributed by atoms with Crippen molar-refractivity contribution in [1.82, 2.24) is 4.98 Å². The van der Waals surface area contributed by atoms with Gasteiger partial charge in [0.1, 0.15) is 29.4 Å². The largest absolute Gasteiger partial charge is 0.398 e. The van der Waals surface area contributed by atoms with E-state index in [-0.39, 0.29) is 16.8 Å². The van der Waals surface area contributed by atoms with Gasteiger partial charge in [-0.15, -0.1) is 5.92 Å². The summed E-state index contributed by atoms with van der Waals surface area (Å²) in [4.78, 5) is 14.8. The molecule has 1 saturated carbocycles. The lowest BCUT2D eigenvalue weighted by molar-refractivity contribution is -0.0258. The fraction of sp³-hybridized carbons (Fsp3) is 0.444. The Bertz CT molecular complexity index is 1230. The molecule has 178 valence electrons. The normalized spacial score (nSPS) is 26.5. The number of hydrogen-bond acceptors (Lipinski definition) is 5. The minimum atomic E-state index is -0.748. The van der Waals surface area contributed by atoms with Gasteiger partial charge in [0, 0.05) is 34.5 Å². The van der Waals surface area contributed by atoms with Crippen LogP contribution in [0, 0.1) is 24.2 Å². The number of nitrogens with two attached hydrogens (primary N) is 1. The first kappa shape index (κ1) is 25.3. The molecule has 1 aromatic carbocycles. The molecule has 2 N–H and O–H groups in total. The number of aromatic nitrogens is 1. The predicted molar refractivity (Wildman–Crippen MR) is 153 cm³/mol. The Hall–Kier alpha value is -2.78. The first-order valence-electron chi connectivity index (χ1n) is 12.6. The number of ether oxygens (including phenoxy) is 1. The summed E-state index contributed by atoms with van der Waals surface area (Å²) in [7, 11) is 6.38. The average Bonchev–Trinajstić information content (AvgIpc) is 3.11. The second kappa shape index (κ2) is 9.35. The van der Waals surface area contributed by atoms with Crippen LogP contribution in [0.15, 0.2) is 46.6 Å². The van der Waals surface area contributed by atoms with E-state index in [1.54, 1.807) is 6.20 Å². The molecule has 2 aliphatic rings. The first-order valence-corrected chi connectivity index (χ1v) is 12.6. The maximum atomic E-state index is 6.39. The Morgan fingerprint density at radius 3 is 2.37 bits per heavy atom. The summed E-state index contributed by atoms with van der Waals surface area (Å²) >= 11 is 0. The van der Waals surface area contributed by atoms with Crippen molar-refractivity contribution in [3.05, 3.63) is 53.3 Å². The second-order valence-electron chi connectivity index (χ2n) is 11.2. The summed E-state index contributed by atoms with van der Waals surface area (Å²) in [6.45, 7) is 8.27. The smallest absolute Gasteiger partial charge is 0.184 e. The van der Waals surface area contributed by atoms with Gasteiger partial charge in [-0.05, 0) is 75.0 Å². The number of rotatable bonds is 5. The molecule has 1 aliphatic carbocycles. The number of benzene rings is 1. The molecule has 0 amide bonds. The van der Waals surface area contributed by atoms with Crippen LogP contribution in [0.3, 0.4) is 0 Å². The molecule has 8 heteroatoms. The molecule has 1 atom stereocenters. The zero-order valence-corrected chi connectivity index (χ0v) is 22.2. The summed E-state index contributed by atoms with van der Waals surface area (Å²) in [5, 5.41) is -0.142. The van der Waals surface area contributed by atoms with Gasteiger partial charge in [0.05, 0.1) is 11.8 Å². The molecule has 4 rings (SSSR count). The Morgan fingerprint density at radius 1 is 1.06 bits per heavy atom. The van der Waals surface area contributed by atoms with Gasteiger partial charge < -0.3 is 10.5 Å². The van der Waals surface area contributed by atoms with E-state index in [1.165, 1.54) is 0 Å². The van der Waals surface area contributed by atoms with Gasteiger partial charge in [-0.2, -0.15) is 0 Å². The predicted octanol–water partition coefficient (Wildman–Crippen LogP) is 1.89. The van der Waals surface area contributed by atoms with E-state index >= 15 is 0 Å². The van der Waals surface area contributed by atoms with Gasteiger partial charge in [-0.25, -0.2) is 4.99 Å². The molecule has 0 spiro atoms. The highest BCUT2D eigenvalue weighted by Gasteiger charge is 2.54. The molecule has 35 heavy (non-hydrogen) atoms. The van der Waals surface area contributed by atoms with E-state index in [4.69, 9.17) is 20.5 Å².